The smallest absolute Gasteiger partial charge is 0.326 e. The number of aromatic amines is 1. The summed E-state index contributed by atoms with van der Waals surface area (Å²) in [5, 5.41) is 23.4. The van der Waals surface area contributed by atoms with Crippen molar-refractivity contribution < 1.29 is 10.2 Å². The molecule has 2 saturated heterocycles. The van der Waals surface area contributed by atoms with Crippen molar-refractivity contribution in [2.24, 2.45) is 4.99 Å². The minimum atomic E-state index is -0.0388. The van der Waals surface area contributed by atoms with E-state index >= 15 is 0 Å². The zero-order valence-electron chi connectivity index (χ0n) is 19.2. The molecule has 1 aliphatic carbocycles. The van der Waals surface area contributed by atoms with Crippen LogP contribution in [-0.4, -0.2) is 62.7 Å². The molecule has 2 atom stereocenters. The molecule has 3 aromatic rings. The van der Waals surface area contributed by atoms with Crippen molar-refractivity contribution in [1.82, 2.24) is 19.8 Å². The number of H-pyrrole nitrogens is 1. The molecule has 0 spiro atoms. The van der Waals surface area contributed by atoms with E-state index < -0.39 is 0 Å². The predicted octanol–water partition coefficient (Wildman–Crippen LogP) is 2.87. The lowest BCUT2D eigenvalue weighted by Gasteiger charge is -2.32. The molecule has 1 aromatic heterocycles. The maximum Gasteiger partial charge on any atom is 0.326 e. The molecule has 2 unspecified atom stereocenters. The van der Waals surface area contributed by atoms with Crippen molar-refractivity contribution >= 4 is 16.9 Å². The van der Waals surface area contributed by atoms with Crippen molar-refractivity contribution in [2.75, 3.05) is 26.2 Å². The van der Waals surface area contributed by atoms with Crippen molar-refractivity contribution in [3.8, 4) is 11.5 Å². The first-order valence-electron chi connectivity index (χ1n) is 12.3. The van der Waals surface area contributed by atoms with Gasteiger partial charge in [-0.05, 0) is 61.1 Å². The highest BCUT2D eigenvalue weighted by Crippen LogP contribution is 2.42. The highest BCUT2D eigenvalue weighted by atomic mass is 16.3. The Morgan fingerprint density at radius 3 is 2.71 bits per heavy atom. The van der Waals surface area contributed by atoms with Crippen molar-refractivity contribution in [3.63, 3.8) is 0 Å². The maximum atomic E-state index is 12.5. The van der Waals surface area contributed by atoms with Gasteiger partial charge in [-0.15, -0.1) is 0 Å². The van der Waals surface area contributed by atoms with Gasteiger partial charge in [-0.1, -0.05) is 12.1 Å². The van der Waals surface area contributed by atoms with E-state index in [2.05, 4.69) is 15.2 Å². The number of piperidine rings is 1. The van der Waals surface area contributed by atoms with E-state index in [4.69, 9.17) is 4.99 Å². The Labute approximate surface area is 197 Å². The van der Waals surface area contributed by atoms with Gasteiger partial charge in [0.05, 0.1) is 23.4 Å². The van der Waals surface area contributed by atoms with Crippen LogP contribution in [0.15, 0.2) is 46.2 Å². The second-order valence-electron chi connectivity index (χ2n) is 9.86. The number of nitrogens with zero attached hydrogens (tertiary/aromatic N) is 3. The highest BCUT2D eigenvalue weighted by molar-refractivity contribution is 5.86. The quantitative estimate of drug-likeness (QED) is 0.447. The van der Waals surface area contributed by atoms with Crippen LogP contribution in [-0.2, 0) is 6.42 Å². The van der Waals surface area contributed by atoms with Gasteiger partial charge in [0.2, 0.25) is 0 Å². The number of benzene rings is 2. The second kappa shape index (κ2) is 8.51. The van der Waals surface area contributed by atoms with Gasteiger partial charge >= 0.3 is 5.69 Å². The van der Waals surface area contributed by atoms with Gasteiger partial charge in [0.15, 0.2) is 11.5 Å². The average Bonchev–Trinajstić information content (AvgIpc) is 3.40. The van der Waals surface area contributed by atoms with E-state index in [0.717, 1.165) is 86.3 Å². The number of likely N-dealkylation sites (tertiary alicyclic amines) is 1. The molecule has 3 heterocycles. The minimum absolute atomic E-state index is 0.00932. The Morgan fingerprint density at radius 1 is 1.06 bits per heavy atom. The second-order valence-corrected chi connectivity index (χ2v) is 9.86. The number of aryl methyl sites for hydroxylation is 1. The number of imidazole rings is 1. The zero-order chi connectivity index (χ0) is 23.2. The number of fused-ring (bicyclic) bond motifs is 4. The Bertz CT molecular complexity index is 1300. The number of aromatic hydroxyl groups is 2. The number of nitrogens with one attached hydrogen (secondary N) is 2. The fourth-order valence-corrected chi connectivity index (χ4v) is 6.11. The first-order chi connectivity index (χ1) is 16.6. The molecular weight excluding hydrogens is 430 g/mol. The molecule has 8 nitrogen and oxygen atoms in total. The number of phenolic OH excluding ortho intramolecular Hbond substituents is 2. The fraction of sp³-hybridized carbons (Fsp3) is 0.462. The van der Waals surface area contributed by atoms with Gasteiger partial charge in [0.25, 0.3) is 0 Å². The van der Waals surface area contributed by atoms with E-state index in [1.807, 2.05) is 28.8 Å². The van der Waals surface area contributed by atoms with Crippen molar-refractivity contribution in [1.29, 1.82) is 0 Å². The lowest BCUT2D eigenvalue weighted by Crippen LogP contribution is -2.38. The molecule has 0 bridgehead atoms. The Balaban J connectivity index is 1.05. The molecule has 0 saturated carbocycles. The average molecular weight is 462 g/mol. The standard InChI is InChI=1S/C26H31N5O3/c32-23-13-16-5-6-20-19(18(16)14-24(23)33)15-25(28-20)27-9-12-30-10-7-17(8-11-30)31-22-4-2-1-3-21(22)29-26(31)34/h1-4,13-14,17,19-20,32-33H,5-12,15H2,(H,27,28)(H,29,34). The molecule has 34 heavy (non-hydrogen) atoms. The summed E-state index contributed by atoms with van der Waals surface area (Å²) in [5.41, 5.74) is 4.17. The fourth-order valence-electron chi connectivity index (χ4n) is 6.11. The number of aromatic nitrogens is 2. The maximum absolute atomic E-state index is 12.5. The summed E-state index contributed by atoms with van der Waals surface area (Å²) in [5.74, 6) is 1.29. The number of amidine groups is 1. The number of para-hydroxylation sites is 2. The van der Waals surface area contributed by atoms with Crippen LogP contribution in [0, 0.1) is 0 Å². The van der Waals surface area contributed by atoms with Gasteiger partial charge in [0, 0.05) is 44.1 Å². The topological polar surface area (TPSA) is 106 Å². The molecule has 2 aliphatic heterocycles. The monoisotopic (exact) mass is 461 g/mol. The van der Waals surface area contributed by atoms with Crippen LogP contribution in [0.5, 0.6) is 11.5 Å². The molecule has 0 amide bonds. The predicted molar refractivity (Wildman–Crippen MR) is 132 cm³/mol. The molecule has 2 aromatic carbocycles. The van der Waals surface area contributed by atoms with Gasteiger partial charge in [0.1, 0.15) is 0 Å². The summed E-state index contributed by atoms with van der Waals surface area (Å²) >= 11 is 0. The first kappa shape index (κ1) is 21.3. The van der Waals surface area contributed by atoms with Crippen LogP contribution in [0.2, 0.25) is 0 Å². The minimum Gasteiger partial charge on any atom is -0.504 e. The van der Waals surface area contributed by atoms with Crippen LogP contribution in [0.4, 0.5) is 0 Å². The molecular formula is C26H31N5O3. The molecule has 0 radical (unpaired) electrons. The third-order valence-corrected chi connectivity index (χ3v) is 7.88. The van der Waals surface area contributed by atoms with Crippen LogP contribution >= 0.6 is 0 Å². The van der Waals surface area contributed by atoms with Crippen LogP contribution in [0.1, 0.15) is 48.8 Å². The van der Waals surface area contributed by atoms with Gasteiger partial charge in [-0.2, -0.15) is 0 Å². The third kappa shape index (κ3) is 3.76. The molecule has 4 N–H and O–H groups in total. The lowest BCUT2D eigenvalue weighted by atomic mass is 9.79. The number of phenols is 2. The van der Waals surface area contributed by atoms with Gasteiger partial charge in [-0.25, -0.2) is 4.79 Å². The Morgan fingerprint density at radius 2 is 1.85 bits per heavy atom. The van der Waals surface area contributed by atoms with Gasteiger partial charge in [-0.3, -0.25) is 9.56 Å². The summed E-state index contributed by atoms with van der Waals surface area (Å²) in [6.45, 7) is 3.61. The third-order valence-electron chi connectivity index (χ3n) is 7.88. The van der Waals surface area contributed by atoms with Crippen LogP contribution in [0.3, 0.4) is 0 Å². The van der Waals surface area contributed by atoms with E-state index in [-0.39, 0.29) is 23.2 Å². The van der Waals surface area contributed by atoms with Crippen molar-refractivity contribution in [2.45, 2.75) is 50.1 Å². The molecule has 178 valence electrons. The van der Waals surface area contributed by atoms with E-state index in [9.17, 15) is 15.0 Å². The van der Waals surface area contributed by atoms with Crippen LogP contribution < -0.4 is 11.0 Å². The summed E-state index contributed by atoms with van der Waals surface area (Å²) < 4.78 is 1.94. The molecule has 6 rings (SSSR count). The number of aliphatic imine (C=N–C) groups is 1. The van der Waals surface area contributed by atoms with Gasteiger partial charge < -0.3 is 25.4 Å². The Kier molecular flexibility index (Phi) is 5.32. The van der Waals surface area contributed by atoms with E-state index in [0.29, 0.717) is 12.0 Å². The number of hydrogen-bond donors (Lipinski definition) is 4. The summed E-state index contributed by atoms with van der Waals surface area (Å²) in [7, 11) is 0. The largest absolute Gasteiger partial charge is 0.504 e. The first-order valence-corrected chi connectivity index (χ1v) is 12.3. The van der Waals surface area contributed by atoms with Crippen molar-refractivity contribution in [3.05, 3.63) is 58.0 Å². The normalized spacial score (nSPS) is 24.3. The summed E-state index contributed by atoms with van der Waals surface area (Å²) in [4.78, 5) is 22.8. The zero-order valence-corrected chi connectivity index (χ0v) is 19.2. The molecule has 2 fully saturated rings. The summed E-state index contributed by atoms with van der Waals surface area (Å²) in [6, 6.07) is 11.9. The Hall–Kier alpha value is -3.26. The van der Waals surface area contributed by atoms with Crippen LogP contribution in [0.25, 0.3) is 11.0 Å². The molecule has 3 aliphatic rings. The summed E-state index contributed by atoms with van der Waals surface area (Å²) in [6.07, 6.45) is 4.70. The SMILES string of the molecule is O=c1[nH]c2ccccc2n1C1CCN(CCN=C2CC3c4cc(O)c(O)cc4CCC3N2)CC1. The lowest BCUT2D eigenvalue weighted by molar-refractivity contribution is 0.191. The highest BCUT2D eigenvalue weighted by Gasteiger charge is 2.37. The molecule has 8 heteroatoms. The van der Waals surface area contributed by atoms with E-state index in [1.54, 1.807) is 12.1 Å². The number of rotatable bonds is 4. The number of hydrogen-bond acceptors (Lipinski definition) is 5. The van der Waals surface area contributed by atoms with E-state index in [1.165, 1.54) is 0 Å².